The van der Waals surface area contributed by atoms with E-state index in [2.05, 4.69) is 18.7 Å². The summed E-state index contributed by atoms with van der Waals surface area (Å²) >= 11 is 0. The number of ether oxygens (including phenoxy) is 6. The molecular formula is C50H79NO11. The van der Waals surface area contributed by atoms with Gasteiger partial charge in [-0.15, -0.1) is 0 Å². The average molecular weight is 870 g/mol. The van der Waals surface area contributed by atoms with Crippen LogP contribution in [0.15, 0.2) is 30.3 Å². The number of aliphatic hydroxyl groups excluding tert-OH is 2. The van der Waals surface area contributed by atoms with Gasteiger partial charge in [0.25, 0.3) is 0 Å². The summed E-state index contributed by atoms with van der Waals surface area (Å²) in [5.74, 6) is -3.47. The zero-order chi connectivity index (χ0) is 44.3. The second kappa shape index (κ2) is 20.1. The van der Waals surface area contributed by atoms with Gasteiger partial charge in [-0.3, -0.25) is 9.69 Å². The van der Waals surface area contributed by atoms with E-state index in [1.54, 1.807) is 45.6 Å². The third-order valence-electron chi connectivity index (χ3n) is 17.1. The van der Waals surface area contributed by atoms with Crippen molar-refractivity contribution < 1.29 is 53.3 Å². The molecule has 3 N–H and O–H groups in total. The molecule has 350 valence electrons. The Bertz CT molecular complexity index is 1630. The van der Waals surface area contributed by atoms with Crippen molar-refractivity contribution in [1.29, 1.82) is 0 Å². The number of benzene rings is 1. The molecule has 5 saturated carbocycles. The first kappa shape index (κ1) is 47.8. The molecule has 12 nitrogen and oxygen atoms in total. The highest BCUT2D eigenvalue weighted by Gasteiger charge is 2.92. The molecule has 15 atom stereocenters. The van der Waals surface area contributed by atoms with Crippen LogP contribution in [0.2, 0.25) is 0 Å². The molecule has 62 heavy (non-hydrogen) atoms. The third-order valence-corrected chi connectivity index (χ3v) is 17.1. The standard InChI is InChI=1S/C50H79NO11/c1-7-9-10-11-12-13-14-15-16-17-18-19-20-21-25-28-37(53)62-50-38-34(30-48(56,45(60-6)43(50)54)44(38)61-46(55)33-26-23-22-24-27-33)49-36(58-4)29-35(52)47(32-57-3)31-51(8-2)42(49)39(50)40(59-5)41(47)49/h22-24,26-27,34-36,38-45,52,54,56H,7-21,25,28-32H2,1-6H3/t34-,35-,36+,38-,39+,40+,41-,42-,43+,44-,45+,47+,48+,49+,50-/m1/s1. The van der Waals surface area contributed by atoms with Gasteiger partial charge in [-0.05, 0) is 37.4 Å². The van der Waals surface area contributed by atoms with E-state index in [-0.39, 0.29) is 31.4 Å². The smallest absolute Gasteiger partial charge is 0.338 e. The van der Waals surface area contributed by atoms with Crippen molar-refractivity contribution in [3.8, 4) is 0 Å². The van der Waals surface area contributed by atoms with Gasteiger partial charge in [0.2, 0.25) is 0 Å². The van der Waals surface area contributed by atoms with Gasteiger partial charge in [0, 0.05) is 82.5 Å². The first-order valence-electron chi connectivity index (χ1n) is 24.4. The number of rotatable bonds is 25. The lowest BCUT2D eigenvalue weighted by molar-refractivity contribution is -0.323. The van der Waals surface area contributed by atoms with Gasteiger partial charge in [0.15, 0.2) is 5.60 Å². The number of likely N-dealkylation sites (tertiary alicyclic amines) is 1. The Labute approximate surface area is 371 Å². The minimum absolute atomic E-state index is 0.0883. The molecule has 0 radical (unpaired) electrons. The third kappa shape index (κ3) is 7.69. The van der Waals surface area contributed by atoms with Crippen LogP contribution in [0.1, 0.15) is 140 Å². The number of fused-ring (bicyclic) bond motifs is 2. The summed E-state index contributed by atoms with van der Waals surface area (Å²) in [6, 6.07) is 8.33. The molecule has 7 bridgehead atoms. The van der Waals surface area contributed by atoms with Gasteiger partial charge in [-0.2, -0.15) is 0 Å². The van der Waals surface area contributed by atoms with Gasteiger partial charge < -0.3 is 43.7 Å². The molecule has 7 rings (SSSR count). The molecule has 1 spiro atoms. The lowest BCUT2D eigenvalue weighted by Gasteiger charge is -2.70. The van der Waals surface area contributed by atoms with E-state index in [9.17, 15) is 24.9 Å². The number of carbonyl (C=O) groups excluding carboxylic acids is 2. The number of methoxy groups -OCH3 is 4. The number of hydrogen-bond donors (Lipinski definition) is 3. The largest absolute Gasteiger partial charge is 0.455 e. The van der Waals surface area contributed by atoms with Crippen molar-refractivity contribution >= 4 is 11.9 Å². The van der Waals surface area contributed by atoms with E-state index >= 15 is 0 Å². The second-order valence-corrected chi connectivity index (χ2v) is 20.0. The van der Waals surface area contributed by atoms with Crippen LogP contribution >= 0.6 is 0 Å². The van der Waals surface area contributed by atoms with Crippen LogP contribution in [0.4, 0.5) is 0 Å². The lowest BCUT2D eigenvalue weighted by atomic mass is 9.42. The van der Waals surface area contributed by atoms with E-state index in [4.69, 9.17) is 28.4 Å². The highest BCUT2D eigenvalue weighted by molar-refractivity contribution is 5.89. The van der Waals surface area contributed by atoms with Crippen LogP contribution < -0.4 is 0 Å². The maximum absolute atomic E-state index is 14.6. The number of esters is 2. The van der Waals surface area contributed by atoms with E-state index in [1.165, 1.54) is 77.7 Å². The van der Waals surface area contributed by atoms with E-state index < -0.39 is 88.3 Å². The fourth-order valence-electron chi connectivity index (χ4n) is 15.0. The SMILES string of the molecule is CCCCCCCCCCCCCCCCCC(=O)O[C@]12[C@H]3[C@@H](OC(=O)c4ccccc4)[C@@](O)(C[C@H]3[C@@]34[C@@H](OC)C[C@@H](O)[C@@]5(COC)CN(CC)[C@@H]3[C@@H]1[C@H](OC)[C@H]54)[C@@H](OC)[C@@H]2O. The molecular weight excluding hydrogens is 791 g/mol. The summed E-state index contributed by atoms with van der Waals surface area (Å²) in [5, 5.41) is 38.4. The molecule has 1 aromatic rings. The van der Waals surface area contributed by atoms with Crippen molar-refractivity contribution in [3.05, 3.63) is 35.9 Å². The fourth-order valence-corrected chi connectivity index (χ4v) is 15.0. The molecule has 6 fully saturated rings. The van der Waals surface area contributed by atoms with E-state index in [0.29, 0.717) is 31.5 Å². The van der Waals surface area contributed by atoms with Gasteiger partial charge in [0.1, 0.15) is 23.9 Å². The Morgan fingerprint density at radius 2 is 1.39 bits per heavy atom. The average Bonchev–Trinajstić information content (AvgIpc) is 3.65. The van der Waals surface area contributed by atoms with Crippen molar-refractivity contribution in [2.24, 2.45) is 34.5 Å². The Kier molecular flexibility index (Phi) is 15.5. The van der Waals surface area contributed by atoms with Crippen molar-refractivity contribution in [3.63, 3.8) is 0 Å². The van der Waals surface area contributed by atoms with Crippen LogP contribution in [0.25, 0.3) is 0 Å². The molecule has 12 heteroatoms. The maximum Gasteiger partial charge on any atom is 0.338 e. The van der Waals surface area contributed by atoms with Crippen LogP contribution in [0.3, 0.4) is 0 Å². The summed E-state index contributed by atoms with van der Waals surface area (Å²) in [5.41, 5.74) is -4.82. The van der Waals surface area contributed by atoms with E-state index in [0.717, 1.165) is 19.3 Å². The monoisotopic (exact) mass is 870 g/mol. The summed E-state index contributed by atoms with van der Waals surface area (Å²) in [4.78, 5) is 31.0. The maximum atomic E-state index is 14.6. The van der Waals surface area contributed by atoms with E-state index in [1.807, 2.05) is 6.07 Å². The number of nitrogens with zero attached hydrogens (tertiary/aromatic N) is 1. The number of carbonyl (C=O) groups is 2. The minimum atomic E-state index is -1.84. The molecule has 1 aliphatic heterocycles. The number of hydrogen-bond acceptors (Lipinski definition) is 12. The Morgan fingerprint density at radius 1 is 0.774 bits per heavy atom. The van der Waals surface area contributed by atoms with Crippen molar-refractivity contribution in [2.45, 2.75) is 183 Å². The zero-order valence-electron chi connectivity index (χ0n) is 38.6. The molecule has 1 heterocycles. The van der Waals surface area contributed by atoms with Gasteiger partial charge in [-0.1, -0.05) is 122 Å². The van der Waals surface area contributed by atoms with Gasteiger partial charge in [-0.25, -0.2) is 4.79 Å². The molecule has 1 saturated heterocycles. The highest BCUT2D eigenvalue weighted by atomic mass is 16.6. The summed E-state index contributed by atoms with van der Waals surface area (Å²) in [6.07, 6.45) is 12.8. The Morgan fingerprint density at radius 3 is 1.94 bits per heavy atom. The number of unbranched alkanes of at least 4 members (excludes halogenated alkanes) is 14. The predicted molar refractivity (Wildman–Crippen MR) is 234 cm³/mol. The van der Waals surface area contributed by atoms with Crippen LogP contribution in [0.5, 0.6) is 0 Å². The topological polar surface area (TPSA) is 153 Å². The zero-order valence-corrected chi connectivity index (χ0v) is 38.6. The second-order valence-electron chi connectivity index (χ2n) is 20.0. The van der Waals surface area contributed by atoms with Gasteiger partial charge in [0.05, 0.1) is 30.5 Å². The first-order chi connectivity index (χ1) is 30.0. The van der Waals surface area contributed by atoms with Crippen molar-refractivity contribution in [2.75, 3.05) is 48.1 Å². The van der Waals surface area contributed by atoms with Crippen molar-refractivity contribution in [1.82, 2.24) is 4.90 Å². The van der Waals surface area contributed by atoms with Crippen LogP contribution in [0, 0.1) is 34.5 Å². The predicted octanol–water partition coefficient (Wildman–Crippen LogP) is 6.89. The minimum Gasteiger partial charge on any atom is -0.455 e. The quantitative estimate of drug-likeness (QED) is 0.0693. The summed E-state index contributed by atoms with van der Waals surface area (Å²) in [6.45, 7) is 5.70. The molecule has 0 amide bonds. The molecule has 5 aliphatic carbocycles. The lowest BCUT2D eigenvalue weighted by Crippen LogP contribution is -2.81. The first-order valence-corrected chi connectivity index (χ1v) is 24.4. The Balaban J connectivity index is 1.17. The number of aliphatic hydroxyl groups is 3. The molecule has 0 unspecified atom stereocenters. The number of piperidine rings is 1. The molecule has 0 aromatic heterocycles. The normalized spacial score (nSPS) is 40.1. The molecule has 1 aromatic carbocycles. The summed E-state index contributed by atoms with van der Waals surface area (Å²) in [7, 11) is 6.42. The summed E-state index contributed by atoms with van der Waals surface area (Å²) < 4.78 is 38.7. The van der Waals surface area contributed by atoms with Crippen LogP contribution in [-0.4, -0.2) is 134 Å². The van der Waals surface area contributed by atoms with Crippen LogP contribution in [-0.2, 0) is 33.2 Å². The Hall–Kier alpha value is -2.16. The molecule has 6 aliphatic rings. The fraction of sp³-hybridized carbons (Fsp3) is 0.840. The van der Waals surface area contributed by atoms with Gasteiger partial charge >= 0.3 is 11.9 Å². The highest BCUT2D eigenvalue weighted by Crippen LogP contribution is 2.80.